The second kappa shape index (κ2) is 9.74. The first-order valence-corrected chi connectivity index (χ1v) is 6.53. The molecular formula is C10H14N6O2S. The van der Waals surface area contributed by atoms with Crippen LogP contribution in [-0.2, 0) is 0 Å². The summed E-state index contributed by atoms with van der Waals surface area (Å²) in [6.45, 7) is 0.192. The van der Waals surface area contributed by atoms with Crippen molar-refractivity contribution in [3.05, 3.63) is 0 Å². The fourth-order valence-corrected chi connectivity index (χ4v) is 1.33. The zero-order valence-corrected chi connectivity index (χ0v) is 11.2. The van der Waals surface area contributed by atoms with Crippen molar-refractivity contribution in [2.75, 3.05) is 19.3 Å². The lowest BCUT2D eigenvalue weighted by Crippen LogP contribution is -2.50. The Morgan fingerprint density at radius 3 is 1.89 bits per heavy atom. The molecular weight excluding hydrogens is 268 g/mol. The van der Waals surface area contributed by atoms with Gasteiger partial charge in [0.1, 0.15) is 0 Å². The van der Waals surface area contributed by atoms with Gasteiger partial charge in [-0.2, -0.15) is 15.4 Å². The third-order valence-corrected chi connectivity index (χ3v) is 2.40. The fourth-order valence-electron chi connectivity index (χ4n) is 0.977. The predicted octanol–water partition coefficient (Wildman–Crippen LogP) is 0.833. The van der Waals surface area contributed by atoms with E-state index in [0.29, 0.717) is 4.90 Å². The minimum atomic E-state index is -0.774. The molecule has 0 heterocycles. The molecule has 0 rings (SSSR count). The standard InChI is InChI=1S/C10H14N6O2S/c1-19-8(13)16(9(17)14-6-2-4-11)10(18)15-7-3-5-12/h13H,2-3,6-7H2,1H3,(H,14,17)(H,15,18). The number of urea groups is 2. The summed E-state index contributed by atoms with van der Waals surface area (Å²) in [5.41, 5.74) is 0. The molecule has 102 valence electrons. The van der Waals surface area contributed by atoms with Crippen LogP contribution >= 0.6 is 11.8 Å². The minimum Gasteiger partial charge on any atom is -0.336 e. The van der Waals surface area contributed by atoms with Gasteiger partial charge in [-0.05, 0) is 6.26 Å². The quantitative estimate of drug-likeness (QED) is 0.399. The molecule has 0 bridgehead atoms. The van der Waals surface area contributed by atoms with E-state index < -0.39 is 12.1 Å². The summed E-state index contributed by atoms with van der Waals surface area (Å²) in [7, 11) is 0. The molecule has 8 nitrogen and oxygen atoms in total. The van der Waals surface area contributed by atoms with Crippen LogP contribution in [0, 0.1) is 28.1 Å². The van der Waals surface area contributed by atoms with Crippen molar-refractivity contribution < 1.29 is 9.59 Å². The summed E-state index contributed by atoms with van der Waals surface area (Å²) in [6.07, 6.45) is 1.78. The van der Waals surface area contributed by atoms with Gasteiger partial charge in [0.15, 0.2) is 5.17 Å². The Bertz CT molecular complexity index is 393. The van der Waals surface area contributed by atoms with Crippen LogP contribution in [0.25, 0.3) is 0 Å². The summed E-state index contributed by atoms with van der Waals surface area (Å²) in [6, 6.07) is 2.15. The molecule has 4 amide bonds. The van der Waals surface area contributed by atoms with E-state index in [4.69, 9.17) is 15.9 Å². The molecule has 0 fully saturated rings. The lowest BCUT2D eigenvalue weighted by atomic mass is 10.4. The molecule has 0 aliphatic heterocycles. The number of nitriles is 2. The smallest absolute Gasteiger partial charge is 0.331 e. The number of amidine groups is 1. The lowest BCUT2D eigenvalue weighted by Gasteiger charge is -2.20. The van der Waals surface area contributed by atoms with E-state index in [2.05, 4.69) is 10.6 Å². The first-order valence-electron chi connectivity index (χ1n) is 5.30. The Hall–Kier alpha value is -2.26. The number of rotatable bonds is 4. The topological polar surface area (TPSA) is 133 Å². The number of amides is 4. The monoisotopic (exact) mass is 282 g/mol. The van der Waals surface area contributed by atoms with Gasteiger partial charge in [0, 0.05) is 13.1 Å². The van der Waals surface area contributed by atoms with Crippen molar-refractivity contribution in [2.24, 2.45) is 0 Å². The third kappa shape index (κ3) is 6.29. The molecule has 0 aliphatic rings. The molecule has 3 N–H and O–H groups in total. The van der Waals surface area contributed by atoms with Gasteiger partial charge in [0.05, 0.1) is 25.0 Å². The van der Waals surface area contributed by atoms with Crippen molar-refractivity contribution in [3.8, 4) is 12.1 Å². The maximum absolute atomic E-state index is 11.7. The van der Waals surface area contributed by atoms with Gasteiger partial charge in [0.2, 0.25) is 0 Å². The fraction of sp³-hybridized carbons (Fsp3) is 0.500. The number of nitrogens with one attached hydrogen (secondary N) is 3. The van der Waals surface area contributed by atoms with Crippen LogP contribution in [0.4, 0.5) is 9.59 Å². The molecule has 0 aliphatic carbocycles. The van der Waals surface area contributed by atoms with Crippen LogP contribution < -0.4 is 10.6 Å². The number of imide groups is 1. The molecule has 0 aromatic heterocycles. The highest BCUT2D eigenvalue weighted by Gasteiger charge is 2.24. The summed E-state index contributed by atoms with van der Waals surface area (Å²) >= 11 is 0.926. The number of hydrogen-bond donors (Lipinski definition) is 3. The van der Waals surface area contributed by atoms with Crippen molar-refractivity contribution in [3.63, 3.8) is 0 Å². The van der Waals surface area contributed by atoms with Gasteiger partial charge < -0.3 is 10.6 Å². The highest BCUT2D eigenvalue weighted by Crippen LogP contribution is 2.04. The summed E-state index contributed by atoms with van der Waals surface area (Å²) in [5.74, 6) is 0. The molecule has 0 atom stereocenters. The van der Waals surface area contributed by atoms with Gasteiger partial charge in [0.25, 0.3) is 0 Å². The van der Waals surface area contributed by atoms with Crippen LogP contribution in [-0.4, -0.2) is 41.5 Å². The van der Waals surface area contributed by atoms with Crippen LogP contribution in [0.1, 0.15) is 12.8 Å². The molecule has 0 spiro atoms. The van der Waals surface area contributed by atoms with Crippen molar-refractivity contribution >= 4 is 29.0 Å². The van der Waals surface area contributed by atoms with Crippen LogP contribution in [0.5, 0.6) is 0 Å². The van der Waals surface area contributed by atoms with E-state index in [-0.39, 0.29) is 31.1 Å². The predicted molar refractivity (Wildman–Crippen MR) is 70.3 cm³/mol. The van der Waals surface area contributed by atoms with E-state index in [9.17, 15) is 9.59 Å². The van der Waals surface area contributed by atoms with Crippen molar-refractivity contribution in [2.45, 2.75) is 12.8 Å². The molecule has 19 heavy (non-hydrogen) atoms. The molecule has 0 saturated heterocycles. The number of thioether (sulfide) groups is 1. The maximum Gasteiger partial charge on any atom is 0.331 e. The molecule has 0 aromatic rings. The van der Waals surface area contributed by atoms with E-state index in [1.165, 1.54) is 0 Å². The first-order chi connectivity index (χ1) is 9.08. The van der Waals surface area contributed by atoms with Gasteiger partial charge in [-0.25, -0.2) is 9.59 Å². The average Bonchev–Trinajstić information content (AvgIpc) is 2.39. The van der Waals surface area contributed by atoms with Gasteiger partial charge >= 0.3 is 12.1 Å². The number of nitrogens with zero attached hydrogens (tertiary/aromatic N) is 3. The maximum atomic E-state index is 11.7. The molecule has 0 radical (unpaired) electrons. The van der Waals surface area contributed by atoms with Crippen LogP contribution in [0.3, 0.4) is 0 Å². The highest BCUT2D eigenvalue weighted by molar-refractivity contribution is 8.13. The Morgan fingerprint density at radius 2 is 1.58 bits per heavy atom. The van der Waals surface area contributed by atoms with Crippen molar-refractivity contribution in [1.82, 2.24) is 15.5 Å². The van der Waals surface area contributed by atoms with Gasteiger partial charge in [-0.15, -0.1) is 0 Å². The van der Waals surface area contributed by atoms with Gasteiger partial charge in [-0.3, -0.25) is 5.41 Å². The normalized spacial score (nSPS) is 8.79. The summed E-state index contributed by atoms with van der Waals surface area (Å²) in [5, 5.41) is 28.7. The first kappa shape index (κ1) is 16.7. The van der Waals surface area contributed by atoms with Crippen LogP contribution in [0.2, 0.25) is 0 Å². The zero-order valence-electron chi connectivity index (χ0n) is 10.4. The van der Waals surface area contributed by atoms with Crippen LogP contribution in [0.15, 0.2) is 0 Å². The van der Waals surface area contributed by atoms with E-state index in [0.717, 1.165) is 11.8 Å². The second-order valence-electron chi connectivity index (χ2n) is 3.12. The molecule has 0 saturated carbocycles. The van der Waals surface area contributed by atoms with Gasteiger partial charge in [-0.1, -0.05) is 11.8 Å². The number of carbonyl (C=O) groups excluding carboxylic acids is 2. The minimum absolute atomic E-state index is 0.0962. The Balaban J connectivity index is 4.58. The second-order valence-corrected chi connectivity index (χ2v) is 3.92. The third-order valence-electron chi connectivity index (χ3n) is 1.83. The molecule has 0 unspecified atom stereocenters. The summed E-state index contributed by atoms with van der Waals surface area (Å²) < 4.78 is 0. The highest BCUT2D eigenvalue weighted by atomic mass is 32.2. The number of hydrogen-bond acceptors (Lipinski definition) is 6. The lowest BCUT2D eigenvalue weighted by molar-refractivity contribution is 0.206. The number of carbonyl (C=O) groups is 2. The van der Waals surface area contributed by atoms with E-state index in [1.807, 2.05) is 12.1 Å². The molecule has 0 aromatic carbocycles. The summed E-state index contributed by atoms with van der Waals surface area (Å²) in [4.78, 5) is 24.1. The average molecular weight is 282 g/mol. The van der Waals surface area contributed by atoms with E-state index >= 15 is 0 Å². The molecule has 9 heteroatoms. The Labute approximate surface area is 115 Å². The Kier molecular flexibility index (Phi) is 8.58. The Morgan fingerprint density at radius 1 is 1.16 bits per heavy atom. The zero-order chi connectivity index (χ0) is 14.7. The SMILES string of the molecule is CSC(=N)N(C(=O)NCCC#N)C(=O)NCCC#N. The van der Waals surface area contributed by atoms with Crippen molar-refractivity contribution in [1.29, 1.82) is 15.9 Å². The van der Waals surface area contributed by atoms with E-state index in [1.54, 1.807) is 6.26 Å². The largest absolute Gasteiger partial charge is 0.336 e.